The molecule has 88 valence electrons. The van der Waals surface area contributed by atoms with E-state index in [-0.39, 0.29) is 17.6 Å². The van der Waals surface area contributed by atoms with Gasteiger partial charge in [0, 0.05) is 10.9 Å². The van der Waals surface area contributed by atoms with Crippen LogP contribution in [0.15, 0.2) is 22.7 Å². The Morgan fingerprint density at radius 3 is 2.88 bits per heavy atom. The zero-order valence-corrected chi connectivity index (χ0v) is 10.6. The van der Waals surface area contributed by atoms with Crippen LogP contribution in [-0.2, 0) is 4.79 Å². The Balaban J connectivity index is 2.63. The van der Waals surface area contributed by atoms with Crippen molar-refractivity contribution in [3.05, 3.63) is 28.5 Å². The van der Waals surface area contributed by atoms with Crippen molar-refractivity contribution >= 4 is 27.5 Å². The highest BCUT2D eigenvalue weighted by Crippen LogP contribution is 2.23. The molecule has 0 heterocycles. The first kappa shape index (κ1) is 13.1. The van der Waals surface area contributed by atoms with Crippen molar-refractivity contribution < 1.29 is 9.18 Å². The summed E-state index contributed by atoms with van der Waals surface area (Å²) >= 11 is 3.18. The van der Waals surface area contributed by atoms with Gasteiger partial charge in [0.2, 0.25) is 5.91 Å². The van der Waals surface area contributed by atoms with Gasteiger partial charge in [-0.25, -0.2) is 4.39 Å². The fourth-order valence-electron chi connectivity index (χ4n) is 1.19. The first-order valence-electron chi connectivity index (χ1n) is 4.98. The largest absolute Gasteiger partial charge is 0.330 e. The molecule has 0 spiro atoms. The SMILES string of the molecule is CC(CN)CC(=O)Nc1ccc(F)cc1Br. The van der Waals surface area contributed by atoms with Crippen molar-refractivity contribution in [2.45, 2.75) is 13.3 Å². The monoisotopic (exact) mass is 288 g/mol. The van der Waals surface area contributed by atoms with E-state index in [0.717, 1.165) is 0 Å². The van der Waals surface area contributed by atoms with Gasteiger partial charge in [-0.05, 0) is 46.6 Å². The van der Waals surface area contributed by atoms with Gasteiger partial charge in [-0.3, -0.25) is 4.79 Å². The van der Waals surface area contributed by atoms with Crippen molar-refractivity contribution in [1.29, 1.82) is 0 Å². The molecule has 1 atom stereocenters. The summed E-state index contributed by atoms with van der Waals surface area (Å²) < 4.78 is 13.3. The van der Waals surface area contributed by atoms with Crippen LogP contribution in [0.2, 0.25) is 0 Å². The smallest absolute Gasteiger partial charge is 0.224 e. The van der Waals surface area contributed by atoms with Crippen LogP contribution in [0.25, 0.3) is 0 Å². The van der Waals surface area contributed by atoms with Gasteiger partial charge < -0.3 is 11.1 Å². The summed E-state index contributed by atoms with van der Waals surface area (Å²) in [7, 11) is 0. The van der Waals surface area contributed by atoms with E-state index in [4.69, 9.17) is 5.73 Å². The number of carbonyl (C=O) groups is 1. The summed E-state index contributed by atoms with van der Waals surface area (Å²) in [6, 6.07) is 4.12. The molecule has 0 radical (unpaired) electrons. The quantitative estimate of drug-likeness (QED) is 0.894. The fraction of sp³-hybridized carbons (Fsp3) is 0.364. The Labute approximate surface area is 102 Å². The number of hydrogen-bond acceptors (Lipinski definition) is 2. The minimum atomic E-state index is -0.347. The van der Waals surface area contributed by atoms with Crippen molar-refractivity contribution in [2.75, 3.05) is 11.9 Å². The highest BCUT2D eigenvalue weighted by molar-refractivity contribution is 9.10. The highest BCUT2D eigenvalue weighted by Gasteiger charge is 2.09. The molecule has 16 heavy (non-hydrogen) atoms. The second kappa shape index (κ2) is 5.96. The van der Waals surface area contributed by atoms with E-state index in [0.29, 0.717) is 23.1 Å². The summed E-state index contributed by atoms with van der Waals surface area (Å²) in [6.45, 7) is 2.37. The number of amides is 1. The van der Waals surface area contributed by atoms with Crippen LogP contribution in [0, 0.1) is 11.7 Å². The van der Waals surface area contributed by atoms with Gasteiger partial charge >= 0.3 is 0 Å². The van der Waals surface area contributed by atoms with Crippen LogP contribution in [0.4, 0.5) is 10.1 Å². The van der Waals surface area contributed by atoms with Gasteiger partial charge in [0.05, 0.1) is 5.69 Å². The summed E-state index contributed by atoms with van der Waals surface area (Å²) in [4.78, 5) is 11.5. The molecule has 0 fully saturated rings. The molecule has 1 amide bonds. The molecule has 1 aromatic rings. The average molecular weight is 289 g/mol. The Morgan fingerprint density at radius 1 is 1.62 bits per heavy atom. The number of nitrogens with one attached hydrogen (secondary N) is 1. The average Bonchev–Trinajstić information content (AvgIpc) is 2.22. The topological polar surface area (TPSA) is 55.1 Å². The molecule has 0 aromatic heterocycles. The van der Waals surface area contributed by atoms with Crippen LogP contribution in [0.5, 0.6) is 0 Å². The Bertz CT molecular complexity index is 384. The lowest BCUT2D eigenvalue weighted by atomic mass is 10.1. The zero-order chi connectivity index (χ0) is 12.1. The second-order valence-electron chi connectivity index (χ2n) is 3.72. The summed E-state index contributed by atoms with van der Waals surface area (Å²) in [5.74, 6) is -0.329. The Hall–Kier alpha value is -0.940. The maximum absolute atomic E-state index is 12.8. The van der Waals surface area contributed by atoms with E-state index >= 15 is 0 Å². The third-order valence-electron chi connectivity index (χ3n) is 2.14. The third-order valence-corrected chi connectivity index (χ3v) is 2.80. The number of carbonyl (C=O) groups excluding carboxylic acids is 1. The minimum absolute atomic E-state index is 0.120. The molecule has 3 N–H and O–H groups in total. The molecule has 1 rings (SSSR count). The molecule has 0 bridgehead atoms. The van der Waals surface area contributed by atoms with Crippen LogP contribution in [0.3, 0.4) is 0 Å². The summed E-state index contributed by atoms with van der Waals surface area (Å²) in [5.41, 5.74) is 5.99. The van der Waals surface area contributed by atoms with Crippen LogP contribution in [0.1, 0.15) is 13.3 Å². The second-order valence-corrected chi connectivity index (χ2v) is 4.57. The molecule has 0 aliphatic rings. The zero-order valence-electron chi connectivity index (χ0n) is 8.97. The van der Waals surface area contributed by atoms with Crippen LogP contribution >= 0.6 is 15.9 Å². The minimum Gasteiger partial charge on any atom is -0.330 e. The van der Waals surface area contributed by atoms with E-state index in [1.165, 1.54) is 18.2 Å². The molecule has 0 saturated carbocycles. The molecule has 0 aliphatic heterocycles. The number of benzene rings is 1. The molecule has 1 unspecified atom stereocenters. The predicted octanol–water partition coefficient (Wildman–Crippen LogP) is 2.51. The van der Waals surface area contributed by atoms with Crippen LogP contribution < -0.4 is 11.1 Å². The fourth-order valence-corrected chi connectivity index (χ4v) is 1.64. The number of anilines is 1. The van der Waals surface area contributed by atoms with Crippen LogP contribution in [-0.4, -0.2) is 12.5 Å². The van der Waals surface area contributed by atoms with E-state index in [1.807, 2.05) is 6.92 Å². The molecular formula is C11H14BrFN2O. The lowest BCUT2D eigenvalue weighted by Crippen LogP contribution is -2.20. The van der Waals surface area contributed by atoms with Gasteiger partial charge in [0.15, 0.2) is 0 Å². The number of hydrogen-bond donors (Lipinski definition) is 2. The lowest BCUT2D eigenvalue weighted by Gasteiger charge is -2.10. The summed E-state index contributed by atoms with van der Waals surface area (Å²) in [5, 5.41) is 2.69. The normalized spacial score (nSPS) is 12.2. The van der Waals surface area contributed by atoms with Gasteiger partial charge in [-0.1, -0.05) is 6.92 Å². The Morgan fingerprint density at radius 2 is 2.31 bits per heavy atom. The van der Waals surface area contributed by atoms with Crippen molar-refractivity contribution in [3.8, 4) is 0 Å². The number of nitrogens with two attached hydrogens (primary N) is 1. The van der Waals surface area contributed by atoms with Gasteiger partial charge in [-0.2, -0.15) is 0 Å². The first-order valence-corrected chi connectivity index (χ1v) is 5.77. The third kappa shape index (κ3) is 3.90. The Kier molecular flexibility index (Phi) is 4.89. The first-order chi connectivity index (χ1) is 7.52. The van der Waals surface area contributed by atoms with Crippen molar-refractivity contribution in [1.82, 2.24) is 0 Å². The van der Waals surface area contributed by atoms with Crippen molar-refractivity contribution in [2.24, 2.45) is 11.7 Å². The lowest BCUT2D eigenvalue weighted by molar-refractivity contribution is -0.116. The number of rotatable bonds is 4. The van der Waals surface area contributed by atoms with Gasteiger partial charge in [0.1, 0.15) is 5.82 Å². The number of halogens is 2. The van der Waals surface area contributed by atoms with E-state index in [1.54, 1.807) is 0 Å². The molecule has 1 aromatic carbocycles. The van der Waals surface area contributed by atoms with Gasteiger partial charge in [0.25, 0.3) is 0 Å². The standard InChI is InChI=1S/C11H14BrFN2O/c1-7(6-14)4-11(16)15-10-3-2-8(13)5-9(10)12/h2-3,5,7H,4,6,14H2,1H3,(H,15,16). The van der Waals surface area contributed by atoms with E-state index in [2.05, 4.69) is 21.2 Å². The predicted molar refractivity (Wildman–Crippen MR) is 65.6 cm³/mol. The molecule has 3 nitrogen and oxygen atoms in total. The maximum atomic E-state index is 12.8. The maximum Gasteiger partial charge on any atom is 0.224 e. The molecule has 0 saturated heterocycles. The molecular weight excluding hydrogens is 275 g/mol. The molecule has 0 aliphatic carbocycles. The summed E-state index contributed by atoms with van der Waals surface area (Å²) in [6.07, 6.45) is 0.361. The van der Waals surface area contributed by atoms with E-state index in [9.17, 15) is 9.18 Å². The van der Waals surface area contributed by atoms with Crippen molar-refractivity contribution in [3.63, 3.8) is 0 Å². The van der Waals surface area contributed by atoms with E-state index < -0.39 is 0 Å². The molecule has 5 heteroatoms. The van der Waals surface area contributed by atoms with Gasteiger partial charge in [-0.15, -0.1) is 0 Å². The highest BCUT2D eigenvalue weighted by atomic mass is 79.9.